The van der Waals surface area contributed by atoms with Crippen LogP contribution in [0.2, 0.25) is 5.15 Å². The molecule has 19 nitrogen and oxygen atoms in total. The Morgan fingerprint density at radius 3 is 2.58 bits per heavy atom. The number of carbonyl (C=O) groups is 2. The number of nitrogens with zero attached hydrogens (tertiary/aromatic N) is 5. The summed E-state index contributed by atoms with van der Waals surface area (Å²) in [5, 5.41) is 35.5. The van der Waals surface area contributed by atoms with Gasteiger partial charge in [0.05, 0.1) is 11.4 Å². The van der Waals surface area contributed by atoms with Gasteiger partial charge in [0, 0.05) is 36.4 Å². The van der Waals surface area contributed by atoms with Crippen LogP contribution in [0.25, 0.3) is 11.0 Å². The summed E-state index contributed by atoms with van der Waals surface area (Å²) in [7, 11) is -8.01. The van der Waals surface area contributed by atoms with Gasteiger partial charge in [0.25, 0.3) is 0 Å². The highest BCUT2D eigenvalue weighted by atomic mass is 35.5. The zero-order valence-corrected chi connectivity index (χ0v) is 30.0. The summed E-state index contributed by atoms with van der Waals surface area (Å²) < 4.78 is 72.5. The highest BCUT2D eigenvalue weighted by molar-refractivity contribution is 7.97. The van der Waals surface area contributed by atoms with Crippen molar-refractivity contribution in [2.45, 2.75) is 62.9 Å². The summed E-state index contributed by atoms with van der Waals surface area (Å²) in [5.41, 5.74) is -0.218. The molecular weight excluding hydrogens is 751 g/mol. The van der Waals surface area contributed by atoms with Gasteiger partial charge in [-0.3, -0.25) is 18.5 Å². The van der Waals surface area contributed by atoms with E-state index in [4.69, 9.17) is 39.6 Å². The number of carbonyl (C=O) groups excluding carboxylic acids is 2. The summed E-state index contributed by atoms with van der Waals surface area (Å²) >= 11 is 6.40. The maximum atomic E-state index is 13.6. The van der Waals surface area contributed by atoms with Crippen molar-refractivity contribution in [3.05, 3.63) is 46.9 Å². The van der Waals surface area contributed by atoms with E-state index in [1.54, 1.807) is 12.1 Å². The largest absolute Gasteiger partial charge is 0.510 e. The summed E-state index contributed by atoms with van der Waals surface area (Å²) in [6, 6.07) is 6.90. The zero-order valence-electron chi connectivity index (χ0n) is 27.5. The van der Waals surface area contributed by atoms with Crippen molar-refractivity contribution in [3.63, 3.8) is 0 Å². The van der Waals surface area contributed by atoms with Crippen LogP contribution in [0.1, 0.15) is 43.0 Å². The predicted octanol–water partition coefficient (Wildman–Crippen LogP) is 3.38. The smallest absolute Gasteiger partial charge is 0.429 e. The van der Waals surface area contributed by atoms with Crippen molar-refractivity contribution < 1.29 is 60.8 Å². The molecule has 0 radical (unpaired) electrons. The molecule has 3 aromatic heterocycles. The summed E-state index contributed by atoms with van der Waals surface area (Å²) in [6.07, 6.45) is -1.88. The lowest BCUT2D eigenvalue weighted by Crippen LogP contribution is -2.36. The Hall–Kier alpha value is -4.06. The van der Waals surface area contributed by atoms with Crippen molar-refractivity contribution >= 4 is 63.8 Å². The molecule has 3 N–H and O–H groups in total. The van der Waals surface area contributed by atoms with Gasteiger partial charge in [-0.05, 0) is 25.0 Å². The van der Waals surface area contributed by atoms with Crippen LogP contribution in [0.5, 0.6) is 0 Å². The molecule has 52 heavy (non-hydrogen) atoms. The molecule has 1 saturated carbocycles. The number of amides is 1. The minimum absolute atomic E-state index is 0.0647. The number of fused-ring (bicyclic) bond motifs is 2. The Bertz CT molecular complexity index is 2040. The Labute approximate surface area is 301 Å². The molecule has 0 aromatic carbocycles. The number of aromatic nitrogens is 3. The van der Waals surface area contributed by atoms with E-state index in [1.807, 2.05) is 0 Å². The number of halogens is 1. The number of ether oxygens (including phenoxy) is 4. The Morgan fingerprint density at radius 2 is 1.85 bits per heavy atom. The molecule has 5 heterocycles. The minimum Gasteiger partial charge on any atom is -0.429 e. The predicted molar refractivity (Wildman–Crippen MR) is 180 cm³/mol. The Morgan fingerprint density at radius 1 is 1.12 bits per heavy atom. The first-order valence-electron chi connectivity index (χ1n) is 15.9. The fraction of sp³-hybridized carbons (Fsp3) is 0.500. The van der Waals surface area contributed by atoms with E-state index < -0.39 is 79.1 Å². The maximum Gasteiger partial charge on any atom is 0.510 e. The van der Waals surface area contributed by atoms with Crippen LogP contribution < -0.4 is 10.2 Å². The molecule has 0 spiro atoms. The molecule has 280 valence electrons. The second-order valence-electron chi connectivity index (χ2n) is 12.2. The Balaban J connectivity index is 1.17. The van der Waals surface area contributed by atoms with Crippen molar-refractivity contribution in [3.8, 4) is 6.07 Å². The normalized spacial score (nSPS) is 26.6. The lowest BCUT2D eigenvalue weighted by Gasteiger charge is -2.22. The quantitative estimate of drug-likeness (QED) is 0.176. The van der Waals surface area contributed by atoms with Crippen LogP contribution in [-0.4, -0.2) is 102 Å². The van der Waals surface area contributed by atoms with Gasteiger partial charge in [0.15, 0.2) is 26.7 Å². The van der Waals surface area contributed by atoms with E-state index >= 15 is 0 Å². The van der Waals surface area contributed by atoms with Gasteiger partial charge in [-0.25, -0.2) is 28.0 Å². The number of aliphatic hydroxyl groups is 2. The van der Waals surface area contributed by atoms with Crippen LogP contribution in [0.3, 0.4) is 0 Å². The monoisotopic (exact) mass is 784 g/mol. The zero-order chi connectivity index (χ0) is 37.2. The molecule has 3 aromatic rings. The van der Waals surface area contributed by atoms with Gasteiger partial charge in [-0.2, -0.15) is 5.26 Å². The van der Waals surface area contributed by atoms with Crippen LogP contribution in [0.15, 0.2) is 30.6 Å². The lowest BCUT2D eigenvalue weighted by molar-refractivity contribution is -0.0288. The molecule has 2 fully saturated rings. The average molecular weight is 785 g/mol. The molecule has 1 unspecified atom stereocenters. The van der Waals surface area contributed by atoms with E-state index in [1.165, 1.54) is 30.1 Å². The van der Waals surface area contributed by atoms with E-state index in [9.17, 15) is 38.0 Å². The van der Waals surface area contributed by atoms with Gasteiger partial charge >= 0.3 is 19.8 Å². The lowest BCUT2D eigenvalue weighted by atomic mass is 10.1. The van der Waals surface area contributed by atoms with Crippen LogP contribution in [0, 0.1) is 11.3 Å². The van der Waals surface area contributed by atoms with Crippen LogP contribution >= 0.6 is 19.2 Å². The number of rotatable bonds is 7. The minimum atomic E-state index is -4.77. The highest BCUT2D eigenvalue weighted by Crippen LogP contribution is 2.50. The average Bonchev–Trinajstić information content (AvgIpc) is 3.83. The number of pyridine rings is 2. The van der Waals surface area contributed by atoms with Crippen molar-refractivity contribution in [1.82, 2.24) is 14.5 Å². The number of hydrogen-bond acceptors (Lipinski definition) is 17. The SMILES string of the molecule is CN1C(=O)OCOP(=O)(CS(=O)(=O)C[C@H]2O[C@@H](n3ccc4c(NC5CCCC5)c(C#N)c(Cl)nc43)[C@H](O)[C@@H]2O)OCOC(=O)OCc2cccnc21. The first kappa shape index (κ1) is 37.7. The van der Waals surface area contributed by atoms with E-state index in [0.29, 0.717) is 16.6 Å². The molecule has 1 aliphatic carbocycles. The third-order valence-corrected chi connectivity index (χ3v) is 13.6. The summed E-state index contributed by atoms with van der Waals surface area (Å²) in [4.78, 5) is 34.2. The molecule has 0 bridgehead atoms. The van der Waals surface area contributed by atoms with Gasteiger partial charge in [0.2, 0.25) is 13.6 Å². The highest BCUT2D eigenvalue weighted by Gasteiger charge is 2.47. The fourth-order valence-electron chi connectivity index (χ4n) is 6.14. The number of nitrogens with one attached hydrogen (secondary N) is 1. The molecule has 3 aliphatic rings. The van der Waals surface area contributed by atoms with Crippen molar-refractivity contribution in [2.75, 3.05) is 42.1 Å². The topological polar surface area (TPSA) is 251 Å². The van der Waals surface area contributed by atoms with E-state index in [0.717, 1.165) is 30.6 Å². The summed E-state index contributed by atoms with van der Waals surface area (Å²) in [5.74, 6) is -0.915. The third-order valence-electron chi connectivity index (χ3n) is 8.68. The number of sulfone groups is 1. The second-order valence-corrected chi connectivity index (χ2v) is 17.1. The van der Waals surface area contributed by atoms with Gasteiger partial charge < -0.3 is 39.0 Å². The number of aliphatic hydroxyl groups excluding tert-OH is 2. The van der Waals surface area contributed by atoms with Gasteiger partial charge in [-0.15, -0.1) is 0 Å². The molecule has 1 amide bonds. The molecule has 1 saturated heterocycles. The fourth-order valence-corrected chi connectivity index (χ4v) is 10.6. The maximum absolute atomic E-state index is 13.6. The third kappa shape index (κ3) is 8.11. The Kier molecular flexibility index (Phi) is 11.2. The summed E-state index contributed by atoms with van der Waals surface area (Å²) in [6.45, 7) is -2.47. The first-order chi connectivity index (χ1) is 24.8. The van der Waals surface area contributed by atoms with Crippen LogP contribution in [0.4, 0.5) is 21.1 Å². The number of hydrogen-bond donors (Lipinski definition) is 3. The second kappa shape index (κ2) is 15.5. The van der Waals surface area contributed by atoms with E-state index in [2.05, 4.69) is 21.4 Å². The molecule has 22 heteroatoms. The number of anilines is 2. The number of cyclic esters (lactones) is 3. The molecule has 5 atom stereocenters. The molecule has 6 rings (SSSR count). The van der Waals surface area contributed by atoms with Crippen molar-refractivity contribution in [2.24, 2.45) is 0 Å². The standard InChI is InChI=1S/C30H34ClN6O13PS/c1-36-26-17(5-4-9-33-26)12-45-30(41)47-15-49-51(42,48-14-46-29(36)40)16-52(43,44)13-21-23(38)24(39)28(50-21)37-10-8-19-22(34-18-6-2-3-7-18)20(11-32)25(31)35-27(19)37/h4-5,8-10,18,21,23-24,28,38-39H,2-3,6-7,12-16H2,1H3,(H,34,35)/t21-,23-,24-,28-,51?/m1/s1. The van der Waals surface area contributed by atoms with Gasteiger partial charge in [0.1, 0.15) is 48.0 Å². The van der Waals surface area contributed by atoms with Gasteiger partial charge in [-0.1, -0.05) is 30.5 Å². The van der Waals surface area contributed by atoms with Crippen molar-refractivity contribution in [1.29, 1.82) is 5.26 Å². The van der Waals surface area contributed by atoms with Crippen LogP contribution in [-0.2, 0) is 49.0 Å². The molecule has 2 aliphatic heterocycles. The first-order valence-corrected chi connectivity index (χ1v) is 19.8. The van der Waals surface area contributed by atoms with E-state index in [-0.39, 0.29) is 34.8 Å². The number of nitriles is 1. The molecular formula is C30H34ClN6O13PS.